The van der Waals surface area contributed by atoms with Crippen LogP contribution in [0.1, 0.15) is 24.4 Å². The molecular weight excluding hydrogens is 184 g/mol. The molecule has 0 unspecified atom stereocenters. The molecule has 13 heavy (non-hydrogen) atoms. The van der Waals surface area contributed by atoms with E-state index < -0.39 is 0 Å². The molecule has 1 fully saturated rings. The topological polar surface area (TPSA) is 52.0 Å². The monoisotopic (exact) mass is 196 g/mol. The van der Waals surface area contributed by atoms with Crippen molar-refractivity contribution in [3.8, 4) is 0 Å². The van der Waals surface area contributed by atoms with Gasteiger partial charge in [0.05, 0.1) is 0 Å². The second-order valence-electron chi connectivity index (χ2n) is 3.64. The molecule has 1 aliphatic carbocycles. The fourth-order valence-corrected chi connectivity index (χ4v) is 1.72. The molecule has 1 atom stereocenters. The van der Waals surface area contributed by atoms with Gasteiger partial charge in [0, 0.05) is 16.8 Å². The molecule has 0 bridgehead atoms. The van der Waals surface area contributed by atoms with E-state index in [1.807, 2.05) is 12.1 Å². The summed E-state index contributed by atoms with van der Waals surface area (Å²) in [5, 5.41) is 0.709. The lowest BCUT2D eigenvalue weighted by Crippen LogP contribution is -2.14. The smallest absolute Gasteiger partial charge is 0.0410 e. The van der Waals surface area contributed by atoms with Crippen LogP contribution in [0.3, 0.4) is 0 Å². The van der Waals surface area contributed by atoms with Gasteiger partial charge >= 0.3 is 0 Å². The summed E-state index contributed by atoms with van der Waals surface area (Å²) in [5.41, 5.74) is 13.6. The Bertz CT molecular complexity index is 321. The van der Waals surface area contributed by atoms with Crippen LogP contribution in [-0.4, -0.2) is 0 Å². The highest BCUT2D eigenvalue weighted by molar-refractivity contribution is 6.30. The van der Waals surface area contributed by atoms with Crippen molar-refractivity contribution in [1.82, 2.24) is 0 Å². The number of nitrogen functional groups attached to an aromatic ring is 1. The standard InChI is InChI=1S/C10H13ClN2/c11-7-3-4-9(12)8(5-7)10(13)6-1-2-6/h3-6,10H,1-2,12-13H2/t10-/m0/s1. The molecule has 1 aromatic rings. The zero-order valence-corrected chi connectivity index (χ0v) is 8.09. The van der Waals surface area contributed by atoms with Crippen molar-refractivity contribution >= 4 is 17.3 Å². The van der Waals surface area contributed by atoms with Crippen LogP contribution < -0.4 is 11.5 Å². The van der Waals surface area contributed by atoms with Crippen LogP contribution in [-0.2, 0) is 0 Å². The van der Waals surface area contributed by atoms with E-state index in [4.69, 9.17) is 23.1 Å². The lowest BCUT2D eigenvalue weighted by molar-refractivity contribution is 0.635. The molecule has 0 radical (unpaired) electrons. The predicted octanol–water partition coefficient (Wildman–Crippen LogP) is 2.33. The van der Waals surface area contributed by atoms with E-state index in [9.17, 15) is 0 Å². The third-order valence-corrected chi connectivity index (χ3v) is 2.77. The zero-order valence-electron chi connectivity index (χ0n) is 7.33. The zero-order chi connectivity index (χ0) is 9.42. The minimum Gasteiger partial charge on any atom is -0.398 e. The number of hydrogen-bond donors (Lipinski definition) is 2. The molecule has 4 N–H and O–H groups in total. The molecule has 0 aromatic heterocycles. The summed E-state index contributed by atoms with van der Waals surface area (Å²) in [6, 6.07) is 5.55. The molecule has 1 aliphatic rings. The van der Waals surface area contributed by atoms with E-state index in [2.05, 4.69) is 0 Å². The fraction of sp³-hybridized carbons (Fsp3) is 0.400. The fourth-order valence-electron chi connectivity index (χ4n) is 1.54. The highest BCUT2D eigenvalue weighted by Gasteiger charge is 2.30. The van der Waals surface area contributed by atoms with Crippen molar-refractivity contribution in [2.24, 2.45) is 11.7 Å². The van der Waals surface area contributed by atoms with Crippen molar-refractivity contribution in [3.05, 3.63) is 28.8 Å². The van der Waals surface area contributed by atoms with Crippen molar-refractivity contribution in [1.29, 1.82) is 0 Å². The predicted molar refractivity (Wildman–Crippen MR) is 55.5 cm³/mol. The maximum atomic E-state index is 6.03. The molecule has 70 valence electrons. The van der Waals surface area contributed by atoms with Gasteiger partial charge in [-0.3, -0.25) is 0 Å². The minimum absolute atomic E-state index is 0.0682. The molecule has 0 saturated heterocycles. The Labute approximate surface area is 82.9 Å². The Morgan fingerprint density at radius 2 is 2.08 bits per heavy atom. The van der Waals surface area contributed by atoms with Crippen molar-refractivity contribution in [2.75, 3.05) is 5.73 Å². The van der Waals surface area contributed by atoms with E-state index in [0.717, 1.165) is 11.3 Å². The number of hydrogen-bond acceptors (Lipinski definition) is 2. The van der Waals surface area contributed by atoms with Gasteiger partial charge in [0.25, 0.3) is 0 Å². The highest BCUT2D eigenvalue weighted by atomic mass is 35.5. The van der Waals surface area contributed by atoms with Crippen molar-refractivity contribution < 1.29 is 0 Å². The third kappa shape index (κ3) is 1.79. The minimum atomic E-state index is 0.0682. The Balaban J connectivity index is 2.31. The molecule has 1 aromatic carbocycles. The number of rotatable bonds is 2. The average molecular weight is 197 g/mol. The number of halogens is 1. The summed E-state index contributed by atoms with van der Waals surface area (Å²) >= 11 is 5.87. The first-order valence-electron chi connectivity index (χ1n) is 4.49. The van der Waals surface area contributed by atoms with E-state index in [1.54, 1.807) is 6.07 Å². The van der Waals surface area contributed by atoms with Gasteiger partial charge in [-0.25, -0.2) is 0 Å². The molecule has 2 rings (SSSR count). The molecule has 1 saturated carbocycles. The van der Waals surface area contributed by atoms with E-state index in [0.29, 0.717) is 10.9 Å². The Kier molecular flexibility index (Phi) is 2.18. The second-order valence-corrected chi connectivity index (χ2v) is 4.07. The van der Waals surface area contributed by atoms with Crippen LogP contribution in [0.2, 0.25) is 5.02 Å². The summed E-state index contributed by atoms with van der Waals surface area (Å²) in [5.74, 6) is 0.612. The van der Waals surface area contributed by atoms with Crippen molar-refractivity contribution in [2.45, 2.75) is 18.9 Å². The number of anilines is 1. The van der Waals surface area contributed by atoms with Crippen molar-refractivity contribution in [3.63, 3.8) is 0 Å². The van der Waals surface area contributed by atoms with Crippen LogP contribution in [0.4, 0.5) is 5.69 Å². The van der Waals surface area contributed by atoms with Gasteiger partial charge in [0.1, 0.15) is 0 Å². The van der Waals surface area contributed by atoms with Gasteiger partial charge in [-0.1, -0.05) is 11.6 Å². The second kappa shape index (κ2) is 3.20. The molecule has 0 heterocycles. The SMILES string of the molecule is Nc1ccc(Cl)cc1[C@@H](N)C1CC1. The average Bonchev–Trinajstić information content (AvgIpc) is 2.91. The van der Waals surface area contributed by atoms with E-state index >= 15 is 0 Å². The Morgan fingerprint density at radius 3 is 2.69 bits per heavy atom. The van der Waals surface area contributed by atoms with Gasteiger partial charge in [0.2, 0.25) is 0 Å². The van der Waals surface area contributed by atoms with E-state index in [1.165, 1.54) is 12.8 Å². The lowest BCUT2D eigenvalue weighted by Gasteiger charge is -2.13. The lowest BCUT2D eigenvalue weighted by atomic mass is 10.0. The quantitative estimate of drug-likeness (QED) is 0.714. The van der Waals surface area contributed by atoms with Crippen LogP contribution in [0, 0.1) is 5.92 Å². The van der Waals surface area contributed by atoms with Gasteiger partial charge in [-0.2, -0.15) is 0 Å². The summed E-state index contributed by atoms with van der Waals surface area (Å²) in [6.45, 7) is 0. The summed E-state index contributed by atoms with van der Waals surface area (Å²) in [7, 11) is 0. The molecule has 2 nitrogen and oxygen atoms in total. The number of nitrogens with two attached hydrogens (primary N) is 2. The van der Waals surface area contributed by atoms with Gasteiger partial charge < -0.3 is 11.5 Å². The summed E-state index contributed by atoms with van der Waals surface area (Å²) < 4.78 is 0. The third-order valence-electron chi connectivity index (χ3n) is 2.54. The van der Waals surface area contributed by atoms with Gasteiger partial charge in [-0.05, 0) is 42.5 Å². The van der Waals surface area contributed by atoms with Crippen LogP contribution in [0.15, 0.2) is 18.2 Å². The Morgan fingerprint density at radius 1 is 1.38 bits per heavy atom. The maximum Gasteiger partial charge on any atom is 0.0410 e. The molecule has 0 aliphatic heterocycles. The maximum absolute atomic E-state index is 6.03. The van der Waals surface area contributed by atoms with Crippen LogP contribution in [0.5, 0.6) is 0 Å². The van der Waals surface area contributed by atoms with Gasteiger partial charge in [0.15, 0.2) is 0 Å². The van der Waals surface area contributed by atoms with Crippen LogP contribution >= 0.6 is 11.6 Å². The first-order chi connectivity index (χ1) is 6.18. The van der Waals surface area contributed by atoms with Crippen LogP contribution in [0.25, 0.3) is 0 Å². The van der Waals surface area contributed by atoms with Gasteiger partial charge in [-0.15, -0.1) is 0 Å². The largest absolute Gasteiger partial charge is 0.398 e. The Hall–Kier alpha value is -0.730. The van der Waals surface area contributed by atoms with E-state index in [-0.39, 0.29) is 6.04 Å². The first kappa shape index (κ1) is 8.85. The normalized spacial score (nSPS) is 18.6. The summed E-state index contributed by atoms with van der Waals surface area (Å²) in [4.78, 5) is 0. The molecular formula is C10H13ClN2. The first-order valence-corrected chi connectivity index (χ1v) is 4.87. The molecule has 3 heteroatoms. The molecule has 0 spiro atoms. The summed E-state index contributed by atoms with van der Waals surface area (Å²) in [6.07, 6.45) is 2.43. The highest BCUT2D eigenvalue weighted by Crippen LogP contribution is 2.41. The number of benzene rings is 1. The molecule has 0 amide bonds.